The van der Waals surface area contributed by atoms with Gasteiger partial charge in [-0.15, -0.1) is 0 Å². The van der Waals surface area contributed by atoms with Crippen molar-refractivity contribution in [2.24, 2.45) is 5.92 Å². The van der Waals surface area contributed by atoms with E-state index in [1.165, 1.54) is 4.90 Å². The summed E-state index contributed by atoms with van der Waals surface area (Å²) < 4.78 is 0. The second-order valence-electron chi connectivity index (χ2n) is 6.00. The molecule has 0 aromatic heterocycles. The van der Waals surface area contributed by atoms with Crippen molar-refractivity contribution in [3.05, 3.63) is 60.2 Å². The van der Waals surface area contributed by atoms with E-state index < -0.39 is 11.9 Å². The molecule has 6 heteroatoms. The highest BCUT2D eigenvalue weighted by molar-refractivity contribution is 6.00. The lowest BCUT2D eigenvalue weighted by Gasteiger charge is -2.17. The van der Waals surface area contributed by atoms with E-state index in [9.17, 15) is 14.4 Å². The molecule has 2 aromatic carbocycles. The van der Waals surface area contributed by atoms with Crippen LogP contribution in [0.1, 0.15) is 12.0 Å². The van der Waals surface area contributed by atoms with Crippen LogP contribution >= 0.6 is 0 Å². The first-order valence-electron chi connectivity index (χ1n) is 8.00. The molecule has 1 aliphatic heterocycles. The number of hydrogen-bond donors (Lipinski definition) is 2. The molecule has 0 bridgehead atoms. The number of nitrogens with zero attached hydrogens (tertiary/aromatic N) is 1. The molecular weight excluding hydrogens is 320 g/mol. The minimum Gasteiger partial charge on any atom is -0.481 e. The molecule has 0 aliphatic carbocycles. The average molecular weight is 338 g/mol. The molecule has 1 heterocycles. The van der Waals surface area contributed by atoms with Gasteiger partial charge in [0, 0.05) is 24.3 Å². The van der Waals surface area contributed by atoms with Gasteiger partial charge in [-0.1, -0.05) is 36.4 Å². The molecule has 1 saturated heterocycles. The van der Waals surface area contributed by atoms with Gasteiger partial charge in [0.15, 0.2) is 0 Å². The van der Waals surface area contributed by atoms with Crippen LogP contribution in [0.2, 0.25) is 0 Å². The second kappa shape index (κ2) is 7.17. The van der Waals surface area contributed by atoms with Crippen LogP contribution in [0.25, 0.3) is 0 Å². The van der Waals surface area contributed by atoms with Gasteiger partial charge in [0.05, 0.1) is 12.3 Å². The third-order valence-corrected chi connectivity index (χ3v) is 4.12. The van der Waals surface area contributed by atoms with Gasteiger partial charge in [-0.25, -0.2) is 0 Å². The second-order valence-corrected chi connectivity index (χ2v) is 6.00. The molecular formula is C19H18N2O4. The van der Waals surface area contributed by atoms with Crippen molar-refractivity contribution in [1.29, 1.82) is 0 Å². The summed E-state index contributed by atoms with van der Waals surface area (Å²) in [4.78, 5) is 36.7. The van der Waals surface area contributed by atoms with E-state index in [1.807, 2.05) is 30.3 Å². The molecule has 2 N–H and O–H groups in total. The fourth-order valence-corrected chi connectivity index (χ4v) is 2.86. The fourth-order valence-electron chi connectivity index (χ4n) is 2.86. The van der Waals surface area contributed by atoms with E-state index in [1.54, 1.807) is 24.3 Å². The number of rotatable bonds is 5. The molecule has 2 aromatic rings. The highest BCUT2D eigenvalue weighted by Crippen LogP contribution is 2.27. The molecule has 6 nitrogen and oxygen atoms in total. The van der Waals surface area contributed by atoms with Crippen LogP contribution in [0.15, 0.2) is 54.6 Å². The Morgan fingerprint density at radius 3 is 2.56 bits per heavy atom. The molecule has 3 rings (SSSR count). The van der Waals surface area contributed by atoms with E-state index in [0.29, 0.717) is 11.4 Å². The number of hydrogen-bond acceptors (Lipinski definition) is 3. The monoisotopic (exact) mass is 338 g/mol. The summed E-state index contributed by atoms with van der Waals surface area (Å²) in [5.41, 5.74) is 2.08. The summed E-state index contributed by atoms with van der Waals surface area (Å²) in [6.45, 7) is 0.148. The Morgan fingerprint density at radius 2 is 1.88 bits per heavy atom. The first-order chi connectivity index (χ1) is 12.0. The van der Waals surface area contributed by atoms with Crippen molar-refractivity contribution < 1.29 is 19.5 Å². The first kappa shape index (κ1) is 16.7. The number of carbonyl (C=O) groups excluding carboxylic acids is 2. The van der Waals surface area contributed by atoms with Gasteiger partial charge in [0.2, 0.25) is 11.8 Å². The van der Waals surface area contributed by atoms with Crippen LogP contribution in [-0.2, 0) is 20.8 Å². The van der Waals surface area contributed by atoms with E-state index in [2.05, 4.69) is 5.32 Å². The van der Waals surface area contributed by atoms with Crippen LogP contribution in [0.3, 0.4) is 0 Å². The number of amides is 2. The fraction of sp³-hybridized carbons (Fsp3) is 0.211. The zero-order chi connectivity index (χ0) is 17.8. The van der Waals surface area contributed by atoms with Gasteiger partial charge < -0.3 is 15.3 Å². The van der Waals surface area contributed by atoms with Crippen molar-refractivity contribution in [3.63, 3.8) is 0 Å². The number of carboxylic acids is 1. The Hall–Kier alpha value is -3.15. The van der Waals surface area contributed by atoms with Crippen LogP contribution in [-0.4, -0.2) is 29.4 Å². The van der Waals surface area contributed by atoms with Gasteiger partial charge >= 0.3 is 5.97 Å². The van der Waals surface area contributed by atoms with E-state index >= 15 is 0 Å². The van der Waals surface area contributed by atoms with Gasteiger partial charge in [-0.05, 0) is 23.8 Å². The van der Waals surface area contributed by atoms with Crippen LogP contribution in [0.5, 0.6) is 0 Å². The Bertz CT molecular complexity index is 804. The Balaban J connectivity index is 1.68. The minimum absolute atomic E-state index is 0.0000722. The SMILES string of the molecule is O=C(Cc1ccccc1)Nc1cccc(N2CC(C(=O)O)CC2=O)c1. The third-order valence-electron chi connectivity index (χ3n) is 4.12. The topological polar surface area (TPSA) is 86.7 Å². The third kappa shape index (κ3) is 4.03. The van der Waals surface area contributed by atoms with Gasteiger partial charge in [0.1, 0.15) is 0 Å². The van der Waals surface area contributed by atoms with E-state index in [4.69, 9.17) is 5.11 Å². The number of carboxylic acid groups (broad SMARTS) is 1. The summed E-state index contributed by atoms with van der Waals surface area (Å²) in [6, 6.07) is 16.3. The molecule has 0 saturated carbocycles. The standard InChI is InChI=1S/C19H18N2O4/c22-17(9-13-5-2-1-3-6-13)20-15-7-4-8-16(11-15)21-12-14(19(24)25)10-18(21)23/h1-8,11,14H,9-10,12H2,(H,20,22)(H,24,25). The highest BCUT2D eigenvalue weighted by Gasteiger charge is 2.35. The maximum Gasteiger partial charge on any atom is 0.308 e. The van der Waals surface area contributed by atoms with E-state index in [0.717, 1.165) is 5.56 Å². The molecule has 1 aliphatic rings. The summed E-state index contributed by atoms with van der Waals surface area (Å²) in [5, 5.41) is 11.9. The molecule has 2 amide bonds. The van der Waals surface area contributed by atoms with E-state index in [-0.39, 0.29) is 31.2 Å². The Labute approximate surface area is 145 Å². The maximum absolute atomic E-state index is 12.2. The number of anilines is 2. The van der Waals surface area contributed by atoms with Crippen molar-refractivity contribution in [1.82, 2.24) is 0 Å². The van der Waals surface area contributed by atoms with Crippen LogP contribution < -0.4 is 10.2 Å². The zero-order valence-corrected chi connectivity index (χ0v) is 13.5. The predicted octanol–water partition coefficient (Wildman–Crippen LogP) is 2.31. The van der Waals surface area contributed by atoms with Crippen LogP contribution in [0.4, 0.5) is 11.4 Å². The van der Waals surface area contributed by atoms with Crippen molar-refractivity contribution in [2.45, 2.75) is 12.8 Å². The Kier molecular flexibility index (Phi) is 4.79. The smallest absolute Gasteiger partial charge is 0.308 e. The lowest BCUT2D eigenvalue weighted by Crippen LogP contribution is -2.26. The summed E-state index contributed by atoms with van der Waals surface area (Å²) in [7, 11) is 0. The number of benzene rings is 2. The average Bonchev–Trinajstić information content (AvgIpc) is 2.98. The lowest BCUT2D eigenvalue weighted by atomic mass is 10.1. The molecule has 25 heavy (non-hydrogen) atoms. The molecule has 128 valence electrons. The molecule has 0 spiro atoms. The van der Waals surface area contributed by atoms with Gasteiger partial charge in [-0.2, -0.15) is 0 Å². The molecule has 1 unspecified atom stereocenters. The normalized spacial score (nSPS) is 16.7. The largest absolute Gasteiger partial charge is 0.481 e. The van der Waals surface area contributed by atoms with Crippen molar-refractivity contribution in [3.8, 4) is 0 Å². The number of aliphatic carboxylic acids is 1. The summed E-state index contributed by atoms with van der Waals surface area (Å²) >= 11 is 0. The lowest BCUT2D eigenvalue weighted by molar-refractivity contribution is -0.141. The maximum atomic E-state index is 12.2. The first-order valence-corrected chi connectivity index (χ1v) is 8.00. The predicted molar refractivity (Wildman–Crippen MR) is 93.3 cm³/mol. The molecule has 1 atom stereocenters. The van der Waals surface area contributed by atoms with Crippen molar-refractivity contribution >= 4 is 29.2 Å². The number of carbonyl (C=O) groups is 3. The van der Waals surface area contributed by atoms with Crippen LogP contribution in [0, 0.1) is 5.92 Å². The number of nitrogens with one attached hydrogen (secondary N) is 1. The highest BCUT2D eigenvalue weighted by atomic mass is 16.4. The molecule has 0 radical (unpaired) electrons. The summed E-state index contributed by atoms with van der Waals surface area (Å²) in [5.74, 6) is -2.04. The Morgan fingerprint density at radius 1 is 1.12 bits per heavy atom. The minimum atomic E-state index is -0.969. The molecule has 1 fully saturated rings. The van der Waals surface area contributed by atoms with Crippen molar-refractivity contribution in [2.75, 3.05) is 16.8 Å². The van der Waals surface area contributed by atoms with Gasteiger partial charge in [0.25, 0.3) is 0 Å². The zero-order valence-electron chi connectivity index (χ0n) is 13.5. The quantitative estimate of drug-likeness (QED) is 0.876. The van der Waals surface area contributed by atoms with Gasteiger partial charge in [-0.3, -0.25) is 14.4 Å². The summed E-state index contributed by atoms with van der Waals surface area (Å²) in [6.07, 6.45) is 0.259.